The Balaban J connectivity index is 1.53. The molecule has 2 aliphatic rings. The molecule has 0 aliphatic heterocycles. The minimum Gasteiger partial charge on any atom is -0.380 e. The highest BCUT2D eigenvalue weighted by atomic mass is 16.5. The highest BCUT2D eigenvalue weighted by Crippen LogP contribution is 2.28. The van der Waals surface area contributed by atoms with E-state index in [9.17, 15) is 0 Å². The molecule has 0 amide bonds. The van der Waals surface area contributed by atoms with Crippen molar-refractivity contribution in [1.29, 1.82) is 0 Å². The van der Waals surface area contributed by atoms with Crippen LogP contribution in [0.25, 0.3) is 0 Å². The molecule has 0 bridgehead atoms. The van der Waals surface area contributed by atoms with Crippen molar-refractivity contribution in [2.75, 3.05) is 33.4 Å². The van der Waals surface area contributed by atoms with Crippen molar-refractivity contribution in [3.63, 3.8) is 0 Å². The summed E-state index contributed by atoms with van der Waals surface area (Å²) in [5.74, 6) is 0.893. The van der Waals surface area contributed by atoms with Gasteiger partial charge in [0.25, 0.3) is 0 Å². The fraction of sp³-hybridized carbons (Fsp3) is 1.00. The van der Waals surface area contributed by atoms with E-state index in [0.717, 1.165) is 37.8 Å². The van der Waals surface area contributed by atoms with Crippen molar-refractivity contribution >= 4 is 0 Å². The van der Waals surface area contributed by atoms with Crippen LogP contribution in [0.5, 0.6) is 0 Å². The zero-order chi connectivity index (χ0) is 12.8. The summed E-state index contributed by atoms with van der Waals surface area (Å²) < 4.78 is 5.72. The second kappa shape index (κ2) is 7.46. The third kappa shape index (κ3) is 4.87. The fourth-order valence-electron chi connectivity index (χ4n) is 2.82. The molecule has 0 aromatic carbocycles. The van der Waals surface area contributed by atoms with Crippen molar-refractivity contribution in [3.05, 3.63) is 0 Å². The van der Waals surface area contributed by atoms with E-state index in [1.165, 1.54) is 45.1 Å². The van der Waals surface area contributed by atoms with Crippen molar-refractivity contribution in [2.45, 2.75) is 57.5 Å². The molecular weight excluding hydrogens is 224 g/mol. The largest absolute Gasteiger partial charge is 0.380 e. The van der Waals surface area contributed by atoms with Gasteiger partial charge in [-0.2, -0.15) is 0 Å². The number of hydrogen-bond donors (Lipinski definition) is 1. The van der Waals surface area contributed by atoms with E-state index < -0.39 is 0 Å². The molecule has 2 atom stereocenters. The quantitative estimate of drug-likeness (QED) is 0.639. The molecule has 106 valence electrons. The first-order chi connectivity index (χ1) is 8.79. The van der Waals surface area contributed by atoms with Gasteiger partial charge in [0.1, 0.15) is 0 Å². The second-order valence-corrected chi connectivity index (χ2v) is 6.12. The number of rotatable bonds is 9. The minimum atomic E-state index is 0.754. The Labute approximate surface area is 112 Å². The lowest BCUT2D eigenvalue weighted by molar-refractivity contribution is 0.0917. The Morgan fingerprint density at radius 1 is 1.22 bits per heavy atom. The van der Waals surface area contributed by atoms with Gasteiger partial charge in [-0.25, -0.2) is 0 Å². The van der Waals surface area contributed by atoms with Gasteiger partial charge in [-0.15, -0.1) is 0 Å². The third-order valence-corrected chi connectivity index (χ3v) is 4.35. The van der Waals surface area contributed by atoms with Crippen LogP contribution < -0.4 is 5.32 Å². The predicted molar refractivity (Wildman–Crippen MR) is 75.9 cm³/mol. The first-order valence-corrected chi connectivity index (χ1v) is 7.81. The normalized spacial score (nSPS) is 28.2. The van der Waals surface area contributed by atoms with E-state index in [1.54, 1.807) is 0 Å². The van der Waals surface area contributed by atoms with E-state index in [2.05, 4.69) is 24.2 Å². The highest BCUT2D eigenvalue weighted by Gasteiger charge is 2.27. The van der Waals surface area contributed by atoms with Crippen LogP contribution >= 0.6 is 0 Å². The van der Waals surface area contributed by atoms with Crippen LogP contribution in [0.3, 0.4) is 0 Å². The summed E-state index contributed by atoms with van der Waals surface area (Å²) in [4.78, 5) is 2.50. The average molecular weight is 254 g/mol. The lowest BCUT2D eigenvalue weighted by atomic mass is 10.2. The number of nitrogens with zero attached hydrogens (tertiary/aromatic N) is 1. The van der Waals surface area contributed by atoms with Gasteiger partial charge in [-0.3, -0.25) is 0 Å². The van der Waals surface area contributed by atoms with Crippen molar-refractivity contribution in [1.82, 2.24) is 10.2 Å². The standard InChI is InChI=1S/C15H30N2O/c1-3-8-16-14-6-7-15(11-14)17(2)9-10-18-12-13-4-5-13/h13-16H,3-12H2,1-2H3. The molecule has 0 aromatic rings. The van der Waals surface area contributed by atoms with Gasteiger partial charge in [0.2, 0.25) is 0 Å². The van der Waals surface area contributed by atoms with Gasteiger partial charge in [0, 0.05) is 25.2 Å². The summed E-state index contributed by atoms with van der Waals surface area (Å²) in [5.41, 5.74) is 0. The molecule has 2 saturated carbocycles. The third-order valence-electron chi connectivity index (χ3n) is 4.35. The van der Waals surface area contributed by atoms with Gasteiger partial charge in [-0.1, -0.05) is 6.92 Å². The van der Waals surface area contributed by atoms with Gasteiger partial charge >= 0.3 is 0 Å². The zero-order valence-electron chi connectivity index (χ0n) is 12.2. The molecule has 0 spiro atoms. The Bertz CT molecular complexity index is 231. The Morgan fingerprint density at radius 2 is 2.06 bits per heavy atom. The van der Waals surface area contributed by atoms with Crippen LogP contribution in [-0.4, -0.2) is 50.3 Å². The maximum atomic E-state index is 5.72. The molecule has 0 heterocycles. The number of ether oxygens (including phenoxy) is 1. The molecule has 2 fully saturated rings. The molecule has 2 aliphatic carbocycles. The smallest absolute Gasteiger partial charge is 0.0593 e. The number of hydrogen-bond acceptors (Lipinski definition) is 3. The summed E-state index contributed by atoms with van der Waals surface area (Å²) in [5, 5.41) is 3.65. The molecule has 1 N–H and O–H groups in total. The molecule has 3 heteroatoms. The maximum absolute atomic E-state index is 5.72. The zero-order valence-corrected chi connectivity index (χ0v) is 12.2. The maximum Gasteiger partial charge on any atom is 0.0593 e. The number of nitrogens with one attached hydrogen (secondary N) is 1. The Kier molecular flexibility index (Phi) is 5.93. The van der Waals surface area contributed by atoms with E-state index >= 15 is 0 Å². The van der Waals surface area contributed by atoms with Gasteiger partial charge < -0.3 is 15.0 Å². The topological polar surface area (TPSA) is 24.5 Å². The van der Waals surface area contributed by atoms with Crippen molar-refractivity contribution < 1.29 is 4.74 Å². The first kappa shape index (κ1) is 14.3. The summed E-state index contributed by atoms with van der Waals surface area (Å²) >= 11 is 0. The average Bonchev–Trinajstić information content (AvgIpc) is 3.08. The van der Waals surface area contributed by atoms with E-state index in [1.807, 2.05) is 0 Å². The first-order valence-electron chi connectivity index (χ1n) is 7.81. The Hall–Kier alpha value is -0.120. The SMILES string of the molecule is CCCNC1CCC(N(C)CCOCC2CC2)C1. The predicted octanol–water partition coefficient (Wildman–Crippen LogP) is 2.27. The monoisotopic (exact) mass is 254 g/mol. The van der Waals surface area contributed by atoms with Crippen LogP contribution in [0.15, 0.2) is 0 Å². The second-order valence-electron chi connectivity index (χ2n) is 6.12. The van der Waals surface area contributed by atoms with Crippen molar-refractivity contribution in [2.24, 2.45) is 5.92 Å². The van der Waals surface area contributed by atoms with Gasteiger partial charge in [-0.05, 0) is 58.0 Å². The lowest BCUT2D eigenvalue weighted by Gasteiger charge is -2.24. The van der Waals surface area contributed by atoms with E-state index in [-0.39, 0.29) is 0 Å². The summed E-state index contributed by atoms with van der Waals surface area (Å²) in [7, 11) is 2.26. The van der Waals surface area contributed by atoms with Gasteiger partial charge in [0.05, 0.1) is 6.61 Å². The molecule has 2 rings (SSSR count). The van der Waals surface area contributed by atoms with Crippen LogP contribution in [0, 0.1) is 5.92 Å². The molecule has 0 aromatic heterocycles. The van der Waals surface area contributed by atoms with Crippen LogP contribution in [0.2, 0.25) is 0 Å². The van der Waals surface area contributed by atoms with E-state index in [4.69, 9.17) is 4.74 Å². The van der Waals surface area contributed by atoms with Gasteiger partial charge in [0.15, 0.2) is 0 Å². The molecule has 0 radical (unpaired) electrons. The summed E-state index contributed by atoms with van der Waals surface area (Å²) in [6.07, 6.45) is 8.04. The minimum absolute atomic E-state index is 0.754. The molecular formula is C15H30N2O. The van der Waals surface area contributed by atoms with Crippen molar-refractivity contribution in [3.8, 4) is 0 Å². The van der Waals surface area contributed by atoms with E-state index in [0.29, 0.717) is 0 Å². The molecule has 3 nitrogen and oxygen atoms in total. The molecule has 2 unspecified atom stereocenters. The molecule has 18 heavy (non-hydrogen) atoms. The molecule has 0 saturated heterocycles. The Morgan fingerprint density at radius 3 is 2.78 bits per heavy atom. The van der Waals surface area contributed by atoms with Crippen LogP contribution in [0.1, 0.15) is 45.4 Å². The lowest BCUT2D eigenvalue weighted by Crippen LogP contribution is -2.35. The number of likely N-dealkylation sites (N-methyl/N-ethyl adjacent to an activating group) is 1. The highest BCUT2D eigenvalue weighted by molar-refractivity contribution is 4.85. The summed E-state index contributed by atoms with van der Waals surface area (Å²) in [6, 6.07) is 1.52. The summed E-state index contributed by atoms with van der Waals surface area (Å²) in [6.45, 7) is 6.42. The van der Waals surface area contributed by atoms with Crippen LogP contribution in [0.4, 0.5) is 0 Å². The van der Waals surface area contributed by atoms with Crippen LogP contribution in [-0.2, 0) is 4.74 Å². The fourth-order valence-corrected chi connectivity index (χ4v) is 2.82.